The van der Waals surface area contributed by atoms with Gasteiger partial charge in [-0.15, -0.1) is 0 Å². The van der Waals surface area contributed by atoms with Crippen LogP contribution in [0.2, 0.25) is 0 Å². The van der Waals surface area contributed by atoms with Gasteiger partial charge in [-0.05, 0) is 6.92 Å². The molecule has 0 aromatic heterocycles. The van der Waals surface area contributed by atoms with E-state index in [1.165, 1.54) is 45.4 Å². The topological polar surface area (TPSA) is 93.1 Å². The first-order valence-corrected chi connectivity index (χ1v) is 5.77. The molecule has 1 atom stereocenters. The molecule has 0 aromatic carbocycles. The Morgan fingerprint density at radius 1 is 1.00 bits per heavy atom. The summed E-state index contributed by atoms with van der Waals surface area (Å²) in [6.45, 7) is 1.10. The summed E-state index contributed by atoms with van der Waals surface area (Å²) in [5, 5.41) is 16.0. The van der Waals surface area contributed by atoms with Crippen molar-refractivity contribution in [2.75, 3.05) is 6.61 Å². The lowest BCUT2D eigenvalue weighted by Crippen LogP contribution is -2.20. The van der Waals surface area contributed by atoms with Gasteiger partial charge in [-0.1, -0.05) is 38.5 Å². The SMILES string of the molecule is C1CCCCC1.CC(COC(=O)O)OC(=O)O. The molecule has 0 aromatic rings. The first-order chi connectivity index (χ1) is 8.02. The molecule has 0 radical (unpaired) electrons. The van der Waals surface area contributed by atoms with Crippen LogP contribution in [0, 0.1) is 0 Å². The Labute approximate surface area is 101 Å². The summed E-state index contributed by atoms with van der Waals surface area (Å²) < 4.78 is 8.16. The number of hydrogen-bond donors (Lipinski definition) is 2. The number of hydrogen-bond acceptors (Lipinski definition) is 4. The highest BCUT2D eigenvalue weighted by molar-refractivity contribution is 5.58. The van der Waals surface area contributed by atoms with Gasteiger partial charge in [0.2, 0.25) is 0 Å². The molecule has 1 aliphatic carbocycles. The average Bonchev–Trinajstić information content (AvgIpc) is 2.29. The monoisotopic (exact) mass is 248 g/mol. The number of carboxylic acid groups (broad SMARTS) is 2. The average molecular weight is 248 g/mol. The van der Waals surface area contributed by atoms with Gasteiger partial charge in [-0.3, -0.25) is 0 Å². The minimum absolute atomic E-state index is 0.290. The van der Waals surface area contributed by atoms with E-state index in [9.17, 15) is 9.59 Å². The summed E-state index contributed by atoms with van der Waals surface area (Å²) >= 11 is 0. The molecule has 0 spiro atoms. The van der Waals surface area contributed by atoms with Gasteiger partial charge >= 0.3 is 12.3 Å². The molecule has 0 bridgehead atoms. The molecule has 1 aliphatic rings. The van der Waals surface area contributed by atoms with Gasteiger partial charge in [-0.25, -0.2) is 9.59 Å². The zero-order valence-electron chi connectivity index (χ0n) is 10.1. The molecule has 1 unspecified atom stereocenters. The van der Waals surface area contributed by atoms with Gasteiger partial charge < -0.3 is 19.7 Å². The van der Waals surface area contributed by atoms with E-state index in [-0.39, 0.29) is 6.61 Å². The van der Waals surface area contributed by atoms with E-state index in [1.807, 2.05) is 0 Å². The van der Waals surface area contributed by atoms with Crippen LogP contribution in [0.1, 0.15) is 45.4 Å². The van der Waals surface area contributed by atoms with Crippen molar-refractivity contribution in [3.05, 3.63) is 0 Å². The van der Waals surface area contributed by atoms with Crippen LogP contribution >= 0.6 is 0 Å². The molecule has 1 fully saturated rings. The summed E-state index contributed by atoms with van der Waals surface area (Å²) in [5.74, 6) is 0. The van der Waals surface area contributed by atoms with Crippen molar-refractivity contribution in [2.24, 2.45) is 0 Å². The van der Waals surface area contributed by atoms with E-state index >= 15 is 0 Å². The van der Waals surface area contributed by atoms with Crippen LogP contribution in [0.5, 0.6) is 0 Å². The molecule has 17 heavy (non-hydrogen) atoms. The lowest BCUT2D eigenvalue weighted by Gasteiger charge is -2.08. The molecule has 0 heterocycles. The molecule has 0 aliphatic heterocycles. The molecule has 6 nitrogen and oxygen atoms in total. The van der Waals surface area contributed by atoms with Crippen molar-refractivity contribution >= 4 is 12.3 Å². The van der Waals surface area contributed by atoms with Gasteiger partial charge in [-0.2, -0.15) is 0 Å². The van der Waals surface area contributed by atoms with Gasteiger partial charge in [0.15, 0.2) is 0 Å². The van der Waals surface area contributed by atoms with Crippen LogP contribution in [-0.2, 0) is 9.47 Å². The molecule has 6 heteroatoms. The van der Waals surface area contributed by atoms with Crippen LogP contribution in [-0.4, -0.2) is 35.2 Å². The molecular formula is C11H20O6. The van der Waals surface area contributed by atoms with E-state index in [1.54, 1.807) is 0 Å². The van der Waals surface area contributed by atoms with E-state index in [2.05, 4.69) is 9.47 Å². The fourth-order valence-corrected chi connectivity index (χ4v) is 1.46. The standard InChI is InChI=1S/C6H12.C5H8O6/c1-2-4-6-5-3-1;1-3(11-5(8)9)2-10-4(6)7/h1-6H2;3H,2H2,1H3,(H,6,7)(H,8,9). The maximum atomic E-state index is 9.83. The second-order valence-corrected chi connectivity index (χ2v) is 3.89. The maximum absolute atomic E-state index is 9.83. The predicted molar refractivity (Wildman–Crippen MR) is 60.3 cm³/mol. The Morgan fingerprint density at radius 2 is 1.41 bits per heavy atom. The first-order valence-electron chi connectivity index (χ1n) is 5.77. The smallest absolute Gasteiger partial charge is 0.450 e. The third-order valence-electron chi connectivity index (χ3n) is 2.24. The van der Waals surface area contributed by atoms with Gasteiger partial charge in [0.05, 0.1) is 0 Å². The quantitative estimate of drug-likeness (QED) is 0.745. The highest BCUT2D eigenvalue weighted by atomic mass is 16.7. The Hall–Kier alpha value is -1.46. The first kappa shape index (κ1) is 15.5. The zero-order chi connectivity index (χ0) is 13.1. The molecule has 0 saturated heterocycles. The highest BCUT2D eigenvalue weighted by Gasteiger charge is 2.09. The summed E-state index contributed by atoms with van der Waals surface area (Å²) in [5.41, 5.74) is 0. The van der Waals surface area contributed by atoms with E-state index < -0.39 is 18.4 Å². The predicted octanol–water partition coefficient (Wildman–Crippen LogP) is 3.10. The molecule has 1 rings (SSSR count). The third kappa shape index (κ3) is 12.5. The largest absolute Gasteiger partial charge is 0.506 e. The van der Waals surface area contributed by atoms with E-state index in [0.29, 0.717) is 0 Å². The van der Waals surface area contributed by atoms with Crippen molar-refractivity contribution in [3.8, 4) is 0 Å². The minimum atomic E-state index is -1.45. The fourth-order valence-electron chi connectivity index (χ4n) is 1.46. The Morgan fingerprint density at radius 3 is 1.71 bits per heavy atom. The minimum Gasteiger partial charge on any atom is -0.450 e. The lowest BCUT2D eigenvalue weighted by molar-refractivity contribution is 0.0122. The van der Waals surface area contributed by atoms with Crippen LogP contribution in [0.4, 0.5) is 9.59 Å². The molecule has 100 valence electrons. The lowest BCUT2D eigenvalue weighted by atomic mass is 10.0. The van der Waals surface area contributed by atoms with Crippen LogP contribution in [0.15, 0.2) is 0 Å². The molecular weight excluding hydrogens is 228 g/mol. The molecule has 1 saturated carbocycles. The zero-order valence-corrected chi connectivity index (χ0v) is 10.1. The van der Waals surface area contributed by atoms with Crippen molar-refractivity contribution in [2.45, 2.75) is 51.6 Å². The summed E-state index contributed by atoms with van der Waals surface area (Å²) in [6.07, 6.45) is 5.32. The second-order valence-electron chi connectivity index (χ2n) is 3.89. The third-order valence-corrected chi connectivity index (χ3v) is 2.24. The van der Waals surface area contributed by atoms with Crippen molar-refractivity contribution < 1.29 is 29.3 Å². The fraction of sp³-hybridized carbons (Fsp3) is 0.818. The van der Waals surface area contributed by atoms with Crippen molar-refractivity contribution in [3.63, 3.8) is 0 Å². The number of ether oxygens (including phenoxy) is 2. The second kappa shape index (κ2) is 9.74. The summed E-state index contributed by atoms with van der Waals surface area (Å²) in [7, 11) is 0. The van der Waals surface area contributed by atoms with Crippen LogP contribution < -0.4 is 0 Å². The van der Waals surface area contributed by atoms with E-state index in [4.69, 9.17) is 10.2 Å². The van der Waals surface area contributed by atoms with Gasteiger partial charge in [0, 0.05) is 0 Å². The molecule has 0 amide bonds. The number of rotatable bonds is 3. The van der Waals surface area contributed by atoms with Gasteiger partial charge in [0.25, 0.3) is 0 Å². The van der Waals surface area contributed by atoms with Crippen molar-refractivity contribution in [1.82, 2.24) is 0 Å². The highest BCUT2D eigenvalue weighted by Crippen LogP contribution is 2.15. The molecule has 2 N–H and O–H groups in total. The summed E-state index contributed by atoms with van der Waals surface area (Å²) in [6, 6.07) is 0. The Kier molecular flexibility index (Phi) is 8.91. The maximum Gasteiger partial charge on any atom is 0.506 e. The van der Waals surface area contributed by atoms with Crippen LogP contribution in [0.3, 0.4) is 0 Å². The Bertz CT molecular complexity index is 212. The number of carbonyl (C=O) groups is 2. The summed E-state index contributed by atoms with van der Waals surface area (Å²) in [4.78, 5) is 19.6. The Balaban J connectivity index is 0.000000354. The normalized spacial score (nSPS) is 16.1. The van der Waals surface area contributed by atoms with Crippen LogP contribution in [0.25, 0.3) is 0 Å². The van der Waals surface area contributed by atoms with E-state index in [0.717, 1.165) is 0 Å². The van der Waals surface area contributed by atoms with Gasteiger partial charge in [0.1, 0.15) is 12.7 Å². The van der Waals surface area contributed by atoms with Crippen molar-refractivity contribution in [1.29, 1.82) is 0 Å².